The Kier molecular flexibility index (Phi) is 2.81. The van der Waals surface area contributed by atoms with Gasteiger partial charge in [0.25, 0.3) is 0 Å². The highest BCUT2D eigenvalue weighted by molar-refractivity contribution is 5.34. The van der Waals surface area contributed by atoms with Crippen molar-refractivity contribution in [3.8, 4) is 0 Å². The fourth-order valence-corrected chi connectivity index (χ4v) is 2.60. The van der Waals surface area contributed by atoms with Crippen LogP contribution in [0.25, 0.3) is 0 Å². The lowest BCUT2D eigenvalue weighted by atomic mass is 9.93. The van der Waals surface area contributed by atoms with Gasteiger partial charge >= 0.3 is 0 Å². The number of halogens is 1. The van der Waals surface area contributed by atoms with Crippen LogP contribution >= 0.6 is 0 Å². The van der Waals surface area contributed by atoms with Crippen molar-refractivity contribution < 1.29 is 4.39 Å². The Hall–Kier alpha value is -0.850. The standard InChI is InChI=1S/C14H19F/c1-11-6-7-12(9-11)13-5-3-4-8-14(2,15)10-13/h3-5,8,10-12H,6-7,9H2,1-2H3. The van der Waals surface area contributed by atoms with Crippen LogP contribution in [0.15, 0.2) is 36.0 Å². The Balaban J connectivity index is 2.18. The molecule has 0 aromatic rings. The quantitative estimate of drug-likeness (QED) is 0.603. The Bertz CT molecular complexity index is 320. The lowest BCUT2D eigenvalue weighted by Gasteiger charge is -2.15. The minimum absolute atomic E-state index is 0.575. The second-order valence-electron chi connectivity index (χ2n) is 5.13. The van der Waals surface area contributed by atoms with E-state index in [1.54, 1.807) is 19.1 Å². The Morgan fingerprint density at radius 2 is 2.13 bits per heavy atom. The van der Waals surface area contributed by atoms with Gasteiger partial charge in [-0.2, -0.15) is 0 Å². The fraction of sp³-hybridized carbons (Fsp3) is 0.571. The summed E-state index contributed by atoms with van der Waals surface area (Å²) in [5.41, 5.74) is -0.0839. The summed E-state index contributed by atoms with van der Waals surface area (Å²) in [6.45, 7) is 3.91. The van der Waals surface area contributed by atoms with Gasteiger partial charge in [0.05, 0.1) is 0 Å². The molecule has 0 amide bonds. The third-order valence-corrected chi connectivity index (χ3v) is 3.44. The van der Waals surface area contributed by atoms with Crippen LogP contribution in [0.1, 0.15) is 33.1 Å². The summed E-state index contributed by atoms with van der Waals surface area (Å²) in [7, 11) is 0. The van der Waals surface area contributed by atoms with Gasteiger partial charge in [-0.05, 0) is 49.3 Å². The van der Waals surface area contributed by atoms with Crippen molar-refractivity contribution in [1.29, 1.82) is 0 Å². The molecule has 1 fully saturated rings. The number of alkyl halides is 1. The van der Waals surface area contributed by atoms with Gasteiger partial charge in [-0.15, -0.1) is 0 Å². The van der Waals surface area contributed by atoms with Gasteiger partial charge in [-0.1, -0.05) is 31.6 Å². The van der Waals surface area contributed by atoms with Crippen LogP contribution in [0.4, 0.5) is 4.39 Å². The van der Waals surface area contributed by atoms with Crippen LogP contribution < -0.4 is 0 Å². The first kappa shape index (κ1) is 10.7. The van der Waals surface area contributed by atoms with Crippen LogP contribution in [0, 0.1) is 11.8 Å². The molecular formula is C14H19F. The Morgan fingerprint density at radius 3 is 2.80 bits per heavy atom. The van der Waals surface area contributed by atoms with E-state index in [4.69, 9.17) is 0 Å². The van der Waals surface area contributed by atoms with Crippen molar-refractivity contribution in [2.75, 3.05) is 0 Å². The van der Waals surface area contributed by atoms with Crippen molar-refractivity contribution in [2.24, 2.45) is 11.8 Å². The third-order valence-electron chi connectivity index (χ3n) is 3.44. The number of hydrogen-bond donors (Lipinski definition) is 0. The molecule has 0 N–H and O–H groups in total. The summed E-state index contributed by atoms with van der Waals surface area (Å²) >= 11 is 0. The summed E-state index contributed by atoms with van der Waals surface area (Å²) in [6, 6.07) is 0. The molecule has 0 radical (unpaired) electrons. The van der Waals surface area contributed by atoms with E-state index in [2.05, 4.69) is 13.0 Å². The molecular weight excluding hydrogens is 187 g/mol. The van der Waals surface area contributed by atoms with E-state index in [9.17, 15) is 4.39 Å². The highest BCUT2D eigenvalue weighted by Gasteiger charge is 2.26. The first-order chi connectivity index (χ1) is 7.07. The molecule has 0 bridgehead atoms. The van der Waals surface area contributed by atoms with Crippen LogP contribution in [-0.4, -0.2) is 5.67 Å². The highest BCUT2D eigenvalue weighted by Crippen LogP contribution is 2.37. The van der Waals surface area contributed by atoms with Gasteiger partial charge in [0.15, 0.2) is 0 Å². The maximum absolute atomic E-state index is 13.9. The maximum atomic E-state index is 13.9. The molecule has 2 aliphatic carbocycles. The van der Waals surface area contributed by atoms with Gasteiger partial charge in [0.2, 0.25) is 0 Å². The highest BCUT2D eigenvalue weighted by atomic mass is 19.1. The summed E-state index contributed by atoms with van der Waals surface area (Å²) in [4.78, 5) is 0. The molecule has 1 saturated carbocycles. The summed E-state index contributed by atoms with van der Waals surface area (Å²) < 4.78 is 13.9. The van der Waals surface area contributed by atoms with Crippen LogP contribution in [0.5, 0.6) is 0 Å². The van der Waals surface area contributed by atoms with E-state index in [0.29, 0.717) is 5.92 Å². The lowest BCUT2D eigenvalue weighted by Crippen LogP contribution is -2.11. The summed E-state index contributed by atoms with van der Waals surface area (Å²) in [6.07, 6.45) is 13.0. The number of hydrogen-bond acceptors (Lipinski definition) is 0. The molecule has 2 rings (SSSR count). The predicted octanol–water partition coefficient (Wildman–Crippen LogP) is 4.20. The van der Waals surface area contributed by atoms with E-state index >= 15 is 0 Å². The molecule has 3 unspecified atom stereocenters. The molecule has 1 heteroatoms. The summed E-state index contributed by atoms with van der Waals surface area (Å²) in [5.74, 6) is 1.37. The predicted molar refractivity (Wildman–Crippen MR) is 62.4 cm³/mol. The molecule has 0 spiro atoms. The maximum Gasteiger partial charge on any atom is 0.145 e. The van der Waals surface area contributed by atoms with Crippen molar-refractivity contribution >= 4 is 0 Å². The van der Waals surface area contributed by atoms with Gasteiger partial charge in [0, 0.05) is 0 Å². The van der Waals surface area contributed by atoms with Crippen molar-refractivity contribution in [3.05, 3.63) is 36.0 Å². The van der Waals surface area contributed by atoms with Gasteiger partial charge < -0.3 is 0 Å². The van der Waals surface area contributed by atoms with Gasteiger partial charge in [-0.3, -0.25) is 0 Å². The van der Waals surface area contributed by atoms with Crippen molar-refractivity contribution in [1.82, 2.24) is 0 Å². The van der Waals surface area contributed by atoms with E-state index in [-0.39, 0.29) is 0 Å². The zero-order chi connectivity index (χ0) is 10.9. The summed E-state index contributed by atoms with van der Waals surface area (Å²) in [5, 5.41) is 0. The minimum Gasteiger partial charge on any atom is -0.235 e. The second kappa shape index (κ2) is 3.96. The van der Waals surface area contributed by atoms with Crippen molar-refractivity contribution in [2.45, 2.75) is 38.8 Å². The zero-order valence-corrected chi connectivity index (χ0v) is 9.54. The second-order valence-corrected chi connectivity index (χ2v) is 5.13. The smallest absolute Gasteiger partial charge is 0.145 e. The molecule has 0 nitrogen and oxygen atoms in total. The third kappa shape index (κ3) is 2.58. The lowest BCUT2D eigenvalue weighted by molar-refractivity contribution is 0.325. The zero-order valence-electron chi connectivity index (χ0n) is 9.54. The van der Waals surface area contributed by atoms with E-state index in [0.717, 1.165) is 5.92 Å². The van der Waals surface area contributed by atoms with E-state index < -0.39 is 5.67 Å². The number of rotatable bonds is 1. The number of allylic oxidation sites excluding steroid dienone is 6. The topological polar surface area (TPSA) is 0 Å². The first-order valence-corrected chi connectivity index (χ1v) is 5.84. The monoisotopic (exact) mass is 206 g/mol. The molecule has 0 aliphatic heterocycles. The van der Waals surface area contributed by atoms with Crippen LogP contribution in [-0.2, 0) is 0 Å². The van der Waals surface area contributed by atoms with Crippen LogP contribution in [0.2, 0.25) is 0 Å². The molecule has 82 valence electrons. The SMILES string of the molecule is CC1CCC(C2=CC(C)(F)C=CC=C2)C1. The molecule has 2 aliphatic rings. The normalized spacial score (nSPS) is 40.3. The largest absolute Gasteiger partial charge is 0.235 e. The Morgan fingerprint density at radius 1 is 1.33 bits per heavy atom. The average Bonchev–Trinajstić information content (AvgIpc) is 2.49. The molecule has 0 aromatic heterocycles. The van der Waals surface area contributed by atoms with E-state index in [1.807, 2.05) is 12.2 Å². The molecule has 0 saturated heterocycles. The van der Waals surface area contributed by atoms with Crippen LogP contribution in [0.3, 0.4) is 0 Å². The fourth-order valence-electron chi connectivity index (χ4n) is 2.60. The van der Waals surface area contributed by atoms with Gasteiger partial charge in [0.1, 0.15) is 5.67 Å². The minimum atomic E-state index is -1.27. The first-order valence-electron chi connectivity index (χ1n) is 5.84. The average molecular weight is 206 g/mol. The molecule has 3 atom stereocenters. The molecule has 0 heterocycles. The molecule has 15 heavy (non-hydrogen) atoms. The Labute approximate surface area is 91.6 Å². The van der Waals surface area contributed by atoms with E-state index in [1.165, 1.54) is 24.8 Å². The van der Waals surface area contributed by atoms with Gasteiger partial charge in [-0.25, -0.2) is 4.39 Å². The van der Waals surface area contributed by atoms with Crippen molar-refractivity contribution in [3.63, 3.8) is 0 Å². The molecule has 0 aromatic carbocycles.